The quantitative estimate of drug-likeness (QED) is 0.801. The van der Waals surface area contributed by atoms with E-state index in [9.17, 15) is 4.79 Å². The third kappa shape index (κ3) is 3.12. The van der Waals surface area contributed by atoms with Gasteiger partial charge in [0, 0.05) is 23.3 Å². The van der Waals surface area contributed by atoms with E-state index in [2.05, 4.69) is 15.3 Å². The van der Waals surface area contributed by atoms with E-state index in [4.69, 9.17) is 4.74 Å². The van der Waals surface area contributed by atoms with Crippen molar-refractivity contribution in [3.63, 3.8) is 0 Å². The van der Waals surface area contributed by atoms with E-state index in [1.807, 2.05) is 30.3 Å². The summed E-state index contributed by atoms with van der Waals surface area (Å²) in [6.07, 6.45) is 1.70. The number of pyridine rings is 1. The van der Waals surface area contributed by atoms with Gasteiger partial charge in [0.25, 0.3) is 5.91 Å². The Morgan fingerprint density at radius 1 is 1.23 bits per heavy atom. The number of carbonyl (C=O) groups is 1. The minimum absolute atomic E-state index is 0.258. The van der Waals surface area contributed by atoms with Crippen molar-refractivity contribution in [3.05, 3.63) is 59.7 Å². The first-order valence-electron chi connectivity index (χ1n) is 6.58. The standard InChI is InChI=1S/C16H13N3O2S/c1-21-12-6-4-5-11(9-12)18-15(20)14-10-22-16(19-14)13-7-2-3-8-17-13/h2-10H,1H3,(H,18,20). The van der Waals surface area contributed by atoms with Gasteiger partial charge in [-0.25, -0.2) is 4.98 Å². The normalized spacial score (nSPS) is 10.2. The molecule has 6 heteroatoms. The van der Waals surface area contributed by atoms with Crippen molar-refractivity contribution in [2.75, 3.05) is 12.4 Å². The molecule has 2 aromatic heterocycles. The van der Waals surface area contributed by atoms with Crippen LogP contribution in [0.1, 0.15) is 10.5 Å². The topological polar surface area (TPSA) is 64.1 Å². The second-order valence-corrected chi connectivity index (χ2v) is 5.30. The Bertz CT molecular complexity index is 787. The Balaban J connectivity index is 1.77. The van der Waals surface area contributed by atoms with E-state index in [1.54, 1.807) is 30.8 Å². The number of nitrogens with one attached hydrogen (secondary N) is 1. The summed E-state index contributed by atoms with van der Waals surface area (Å²) < 4.78 is 5.13. The molecule has 3 aromatic rings. The van der Waals surface area contributed by atoms with Crippen molar-refractivity contribution in [1.29, 1.82) is 0 Å². The molecule has 3 rings (SSSR count). The van der Waals surface area contributed by atoms with Crippen molar-refractivity contribution < 1.29 is 9.53 Å². The van der Waals surface area contributed by atoms with Crippen LogP contribution >= 0.6 is 11.3 Å². The molecule has 0 atom stereocenters. The van der Waals surface area contributed by atoms with Crippen LogP contribution in [0, 0.1) is 0 Å². The fraction of sp³-hybridized carbons (Fsp3) is 0.0625. The highest BCUT2D eigenvalue weighted by Crippen LogP contribution is 2.22. The van der Waals surface area contributed by atoms with Crippen LogP contribution in [0.4, 0.5) is 5.69 Å². The molecule has 22 heavy (non-hydrogen) atoms. The van der Waals surface area contributed by atoms with Gasteiger partial charge in [-0.3, -0.25) is 9.78 Å². The molecular weight excluding hydrogens is 298 g/mol. The number of benzene rings is 1. The predicted octanol–water partition coefficient (Wildman–Crippen LogP) is 3.47. The van der Waals surface area contributed by atoms with E-state index in [0.29, 0.717) is 17.1 Å². The smallest absolute Gasteiger partial charge is 0.275 e. The number of carbonyl (C=O) groups excluding carboxylic acids is 1. The van der Waals surface area contributed by atoms with Crippen LogP contribution in [0.15, 0.2) is 54.0 Å². The highest BCUT2D eigenvalue weighted by Gasteiger charge is 2.12. The maximum Gasteiger partial charge on any atom is 0.275 e. The van der Waals surface area contributed by atoms with Gasteiger partial charge in [-0.1, -0.05) is 12.1 Å². The summed E-state index contributed by atoms with van der Waals surface area (Å²) in [4.78, 5) is 20.8. The third-order valence-corrected chi connectivity index (χ3v) is 3.81. The number of ether oxygens (including phenoxy) is 1. The SMILES string of the molecule is COc1cccc(NC(=O)c2csc(-c3ccccn3)n2)c1. The summed E-state index contributed by atoms with van der Waals surface area (Å²) in [7, 11) is 1.58. The first-order chi connectivity index (χ1) is 10.8. The number of hydrogen-bond acceptors (Lipinski definition) is 5. The van der Waals surface area contributed by atoms with Gasteiger partial charge in [-0.2, -0.15) is 0 Å². The van der Waals surface area contributed by atoms with Gasteiger partial charge in [0.1, 0.15) is 16.5 Å². The molecule has 0 aliphatic heterocycles. The van der Waals surface area contributed by atoms with Crippen LogP contribution < -0.4 is 10.1 Å². The Morgan fingerprint density at radius 2 is 2.14 bits per heavy atom. The van der Waals surface area contributed by atoms with Crippen molar-refractivity contribution in [1.82, 2.24) is 9.97 Å². The molecule has 0 radical (unpaired) electrons. The van der Waals surface area contributed by atoms with Gasteiger partial charge in [-0.15, -0.1) is 11.3 Å². The third-order valence-electron chi connectivity index (χ3n) is 2.95. The van der Waals surface area contributed by atoms with Crippen molar-refractivity contribution in [2.45, 2.75) is 0 Å². The average molecular weight is 311 g/mol. The lowest BCUT2D eigenvalue weighted by atomic mass is 10.3. The van der Waals surface area contributed by atoms with E-state index < -0.39 is 0 Å². The Kier molecular flexibility index (Phi) is 4.11. The van der Waals surface area contributed by atoms with E-state index in [-0.39, 0.29) is 5.91 Å². The molecule has 1 N–H and O–H groups in total. The molecular formula is C16H13N3O2S. The minimum atomic E-state index is -0.258. The second-order valence-electron chi connectivity index (χ2n) is 4.44. The summed E-state index contributed by atoms with van der Waals surface area (Å²) >= 11 is 1.39. The van der Waals surface area contributed by atoms with E-state index in [1.165, 1.54) is 11.3 Å². The molecule has 0 aliphatic carbocycles. The fourth-order valence-electron chi connectivity index (χ4n) is 1.88. The maximum absolute atomic E-state index is 12.2. The summed E-state index contributed by atoms with van der Waals surface area (Å²) in [5, 5.41) is 5.24. The van der Waals surface area contributed by atoms with Crippen molar-refractivity contribution >= 4 is 22.9 Å². The number of rotatable bonds is 4. The zero-order valence-corrected chi connectivity index (χ0v) is 12.6. The molecule has 0 spiro atoms. The van der Waals surface area contributed by atoms with E-state index in [0.717, 1.165) is 10.7 Å². The van der Waals surface area contributed by atoms with Crippen LogP contribution in [-0.4, -0.2) is 23.0 Å². The van der Waals surface area contributed by atoms with Gasteiger partial charge >= 0.3 is 0 Å². The molecule has 110 valence electrons. The highest BCUT2D eigenvalue weighted by molar-refractivity contribution is 7.13. The molecule has 0 saturated carbocycles. The van der Waals surface area contributed by atoms with E-state index >= 15 is 0 Å². The maximum atomic E-state index is 12.2. The molecule has 1 amide bonds. The Hall–Kier alpha value is -2.73. The molecule has 0 bridgehead atoms. The second kappa shape index (κ2) is 6.36. The number of hydrogen-bond donors (Lipinski definition) is 1. The number of methoxy groups -OCH3 is 1. The van der Waals surface area contributed by atoms with Gasteiger partial charge in [0.2, 0.25) is 0 Å². The molecule has 0 unspecified atom stereocenters. The van der Waals surface area contributed by atoms with Gasteiger partial charge in [0.15, 0.2) is 0 Å². The molecule has 1 aromatic carbocycles. The Morgan fingerprint density at radius 3 is 2.91 bits per heavy atom. The molecule has 0 fully saturated rings. The lowest BCUT2D eigenvalue weighted by Crippen LogP contribution is -2.12. The zero-order valence-electron chi connectivity index (χ0n) is 11.8. The first kappa shape index (κ1) is 14.2. The summed E-state index contributed by atoms with van der Waals surface area (Å²) in [5.74, 6) is 0.428. The van der Waals surface area contributed by atoms with Gasteiger partial charge in [-0.05, 0) is 24.3 Å². The van der Waals surface area contributed by atoms with Crippen molar-refractivity contribution in [3.8, 4) is 16.5 Å². The zero-order chi connectivity index (χ0) is 15.4. The van der Waals surface area contributed by atoms with Crippen LogP contribution in [0.2, 0.25) is 0 Å². The lowest BCUT2D eigenvalue weighted by Gasteiger charge is -2.05. The molecule has 5 nitrogen and oxygen atoms in total. The van der Waals surface area contributed by atoms with Crippen LogP contribution in [0.3, 0.4) is 0 Å². The number of thiazole rings is 1. The van der Waals surface area contributed by atoms with Gasteiger partial charge in [0.05, 0.1) is 12.8 Å². The van der Waals surface area contributed by atoms with Crippen LogP contribution in [-0.2, 0) is 0 Å². The van der Waals surface area contributed by atoms with Crippen molar-refractivity contribution in [2.24, 2.45) is 0 Å². The summed E-state index contributed by atoms with van der Waals surface area (Å²) in [5.41, 5.74) is 1.79. The number of aromatic nitrogens is 2. The molecule has 2 heterocycles. The van der Waals surface area contributed by atoms with Crippen LogP contribution in [0.25, 0.3) is 10.7 Å². The molecule has 0 aliphatic rings. The van der Waals surface area contributed by atoms with Gasteiger partial charge < -0.3 is 10.1 Å². The number of anilines is 1. The monoisotopic (exact) mass is 311 g/mol. The first-order valence-corrected chi connectivity index (χ1v) is 7.46. The summed E-state index contributed by atoms with van der Waals surface area (Å²) in [6.45, 7) is 0. The molecule has 0 saturated heterocycles. The minimum Gasteiger partial charge on any atom is -0.497 e. The fourth-order valence-corrected chi connectivity index (χ4v) is 2.66. The summed E-state index contributed by atoms with van der Waals surface area (Å²) in [6, 6.07) is 12.8. The Labute approximate surface area is 131 Å². The number of amides is 1. The predicted molar refractivity (Wildman–Crippen MR) is 86.3 cm³/mol. The lowest BCUT2D eigenvalue weighted by molar-refractivity contribution is 0.102. The highest BCUT2D eigenvalue weighted by atomic mass is 32.1. The largest absolute Gasteiger partial charge is 0.497 e. The number of nitrogens with zero attached hydrogens (tertiary/aromatic N) is 2. The van der Waals surface area contributed by atoms with Crippen LogP contribution in [0.5, 0.6) is 5.75 Å². The average Bonchev–Trinajstić information content (AvgIpc) is 3.06.